The van der Waals surface area contributed by atoms with Gasteiger partial charge in [0.2, 0.25) is 5.91 Å². The van der Waals surface area contributed by atoms with Gasteiger partial charge in [-0.15, -0.1) is 0 Å². The number of carbonyl (C=O) groups excluding carboxylic acids is 1. The summed E-state index contributed by atoms with van der Waals surface area (Å²) in [5.41, 5.74) is 0. The van der Waals surface area contributed by atoms with Gasteiger partial charge in [0.15, 0.2) is 0 Å². The Morgan fingerprint density at radius 2 is 0.900 bits per heavy atom. The van der Waals surface area contributed by atoms with Gasteiger partial charge in [0, 0.05) is 6.42 Å². The maximum absolute atomic E-state index is 12.9. The molecule has 0 aliphatic carbocycles. The predicted octanol–water partition coefficient (Wildman–Crippen LogP) is 15.1. The highest BCUT2D eigenvalue weighted by Crippen LogP contribution is 2.43. The second-order valence-electron chi connectivity index (χ2n) is 19.3. The molecular formula is C51H104N2O6P+. The highest BCUT2D eigenvalue weighted by molar-refractivity contribution is 7.47. The highest BCUT2D eigenvalue weighted by atomic mass is 31.2. The first-order valence-corrected chi connectivity index (χ1v) is 27.5. The van der Waals surface area contributed by atoms with E-state index >= 15 is 0 Å². The summed E-state index contributed by atoms with van der Waals surface area (Å²) in [5, 5.41) is 14.0. The van der Waals surface area contributed by atoms with Crippen LogP contribution in [0.4, 0.5) is 0 Å². The van der Waals surface area contributed by atoms with Gasteiger partial charge in [-0.25, -0.2) is 4.57 Å². The zero-order chi connectivity index (χ0) is 44.3. The molecule has 60 heavy (non-hydrogen) atoms. The third kappa shape index (κ3) is 45.3. The van der Waals surface area contributed by atoms with E-state index in [1.165, 1.54) is 193 Å². The fourth-order valence-corrected chi connectivity index (χ4v) is 8.60. The Labute approximate surface area is 373 Å². The number of aliphatic hydroxyl groups excluding tert-OH is 1. The second-order valence-corrected chi connectivity index (χ2v) is 20.7. The van der Waals surface area contributed by atoms with Gasteiger partial charge in [-0.05, 0) is 38.5 Å². The molecule has 3 atom stereocenters. The van der Waals surface area contributed by atoms with Gasteiger partial charge in [0.1, 0.15) is 13.2 Å². The molecule has 8 nitrogen and oxygen atoms in total. The number of phosphoric ester groups is 1. The first kappa shape index (κ1) is 59.2. The van der Waals surface area contributed by atoms with Crippen molar-refractivity contribution in [3.05, 3.63) is 12.2 Å². The standard InChI is InChI=1S/C51H103N2O6P/c1-6-8-10-12-14-16-18-20-22-23-24-25-26-27-28-29-30-31-33-35-37-39-41-43-45-51(55)52-49(48-59-60(56,57)58-47-46-53(3,4)5)50(54)44-42-40-38-36-34-32-21-19-17-15-13-11-9-7-2/h27-28,49-50,54H,6-26,29-48H2,1-5H3,(H-,52,55,56,57)/p+1/b28-27-. The number of hydrogen-bond acceptors (Lipinski definition) is 5. The van der Waals surface area contributed by atoms with Crippen LogP contribution in [-0.4, -0.2) is 73.4 Å². The van der Waals surface area contributed by atoms with Crippen LogP contribution in [0.25, 0.3) is 0 Å². The first-order valence-electron chi connectivity index (χ1n) is 26.1. The van der Waals surface area contributed by atoms with Crippen LogP contribution in [0.15, 0.2) is 12.2 Å². The number of nitrogens with zero attached hydrogens (tertiary/aromatic N) is 1. The van der Waals surface area contributed by atoms with Crippen molar-refractivity contribution < 1.29 is 32.9 Å². The number of allylic oxidation sites excluding steroid dienone is 2. The molecule has 3 N–H and O–H groups in total. The number of likely N-dealkylation sites (N-methyl/N-ethyl adjacent to an activating group) is 1. The summed E-state index contributed by atoms with van der Waals surface area (Å²) in [6, 6.07) is -0.758. The Hall–Kier alpha value is -0.760. The number of amides is 1. The Balaban J connectivity index is 4.17. The van der Waals surface area contributed by atoms with Gasteiger partial charge in [-0.1, -0.05) is 225 Å². The van der Waals surface area contributed by atoms with E-state index in [1.54, 1.807) is 0 Å². The molecule has 0 rings (SSSR count). The van der Waals surface area contributed by atoms with Gasteiger partial charge in [0.05, 0.1) is 39.9 Å². The number of phosphoric acid groups is 1. The van der Waals surface area contributed by atoms with Crippen LogP contribution in [0.5, 0.6) is 0 Å². The third-order valence-corrected chi connectivity index (χ3v) is 13.0. The molecule has 0 saturated carbocycles. The summed E-state index contributed by atoms with van der Waals surface area (Å²) in [7, 11) is 1.62. The molecule has 0 fully saturated rings. The molecule has 0 aromatic carbocycles. The zero-order valence-corrected chi connectivity index (χ0v) is 41.6. The monoisotopic (exact) mass is 872 g/mol. The average molecular weight is 872 g/mol. The van der Waals surface area contributed by atoms with E-state index < -0.39 is 20.0 Å². The van der Waals surface area contributed by atoms with Crippen LogP contribution in [0.2, 0.25) is 0 Å². The fraction of sp³-hybridized carbons (Fsp3) is 0.941. The predicted molar refractivity (Wildman–Crippen MR) is 259 cm³/mol. The fourth-order valence-electron chi connectivity index (χ4n) is 7.87. The topological polar surface area (TPSA) is 105 Å². The summed E-state index contributed by atoms with van der Waals surface area (Å²) in [4.78, 5) is 23.2. The molecule has 3 unspecified atom stereocenters. The molecule has 0 aromatic heterocycles. The Morgan fingerprint density at radius 3 is 1.28 bits per heavy atom. The van der Waals surface area contributed by atoms with Crippen LogP contribution in [0.1, 0.15) is 258 Å². The largest absolute Gasteiger partial charge is 0.472 e. The van der Waals surface area contributed by atoms with Crippen molar-refractivity contribution in [3.63, 3.8) is 0 Å². The summed E-state index contributed by atoms with van der Waals surface area (Å²) in [6.45, 7) is 4.91. The summed E-state index contributed by atoms with van der Waals surface area (Å²) < 4.78 is 23.7. The minimum Gasteiger partial charge on any atom is -0.391 e. The quantitative estimate of drug-likeness (QED) is 0.0243. The van der Waals surface area contributed by atoms with Gasteiger partial charge >= 0.3 is 7.82 Å². The average Bonchev–Trinajstić information content (AvgIpc) is 3.20. The van der Waals surface area contributed by atoms with Crippen molar-refractivity contribution in [2.24, 2.45) is 0 Å². The van der Waals surface area contributed by atoms with E-state index in [-0.39, 0.29) is 19.1 Å². The number of carbonyl (C=O) groups is 1. The molecule has 0 aliphatic heterocycles. The lowest BCUT2D eigenvalue weighted by Crippen LogP contribution is -2.46. The summed E-state index contributed by atoms with van der Waals surface area (Å²) >= 11 is 0. The van der Waals surface area contributed by atoms with Crippen molar-refractivity contribution in [2.75, 3.05) is 40.9 Å². The van der Waals surface area contributed by atoms with Gasteiger partial charge in [0.25, 0.3) is 0 Å². The normalized spacial score (nSPS) is 14.2. The maximum Gasteiger partial charge on any atom is 0.472 e. The molecule has 1 amide bonds. The SMILES string of the molecule is CCCCCCCCCCCCCC/C=C\CCCCCCCCCCC(=O)NC(COP(=O)(O)OCC[N+](C)(C)C)C(O)CCCCCCCCCCCCCCCC. The van der Waals surface area contributed by atoms with Crippen LogP contribution in [0, 0.1) is 0 Å². The Morgan fingerprint density at radius 1 is 0.550 bits per heavy atom. The Bertz CT molecular complexity index is 989. The minimum atomic E-state index is -4.31. The molecule has 9 heteroatoms. The number of rotatable bonds is 48. The van der Waals surface area contributed by atoms with E-state index in [1.807, 2.05) is 21.1 Å². The van der Waals surface area contributed by atoms with Crippen LogP contribution in [-0.2, 0) is 18.4 Å². The molecule has 0 heterocycles. The first-order chi connectivity index (χ1) is 29.0. The van der Waals surface area contributed by atoms with E-state index in [9.17, 15) is 19.4 Å². The maximum atomic E-state index is 12.9. The lowest BCUT2D eigenvalue weighted by molar-refractivity contribution is -0.870. The van der Waals surface area contributed by atoms with E-state index in [4.69, 9.17) is 9.05 Å². The number of unbranched alkanes of at least 4 members (excludes halogenated alkanes) is 33. The van der Waals surface area contributed by atoms with Gasteiger partial charge in [-0.2, -0.15) is 0 Å². The zero-order valence-electron chi connectivity index (χ0n) is 40.7. The molecule has 0 spiro atoms. The number of nitrogens with one attached hydrogen (secondary N) is 1. The Kier molecular flexibility index (Phi) is 42.9. The molecule has 358 valence electrons. The summed E-state index contributed by atoms with van der Waals surface area (Å²) in [5.74, 6) is -0.144. The number of quaternary nitrogens is 1. The van der Waals surface area contributed by atoms with Crippen LogP contribution in [0.3, 0.4) is 0 Å². The highest BCUT2D eigenvalue weighted by Gasteiger charge is 2.28. The van der Waals surface area contributed by atoms with Crippen molar-refractivity contribution in [3.8, 4) is 0 Å². The molecular weight excluding hydrogens is 768 g/mol. The molecule has 0 aromatic rings. The second kappa shape index (κ2) is 43.5. The van der Waals surface area contributed by atoms with Crippen molar-refractivity contribution in [1.82, 2.24) is 5.32 Å². The molecule has 0 radical (unpaired) electrons. The molecule has 0 bridgehead atoms. The van der Waals surface area contributed by atoms with E-state index in [0.717, 1.165) is 38.5 Å². The van der Waals surface area contributed by atoms with Crippen LogP contribution >= 0.6 is 7.82 Å². The number of hydrogen-bond donors (Lipinski definition) is 3. The molecule has 0 aliphatic rings. The van der Waals surface area contributed by atoms with Crippen molar-refractivity contribution in [2.45, 2.75) is 270 Å². The lowest BCUT2D eigenvalue weighted by Gasteiger charge is -2.26. The number of aliphatic hydroxyl groups is 1. The van der Waals surface area contributed by atoms with Crippen molar-refractivity contribution in [1.29, 1.82) is 0 Å². The van der Waals surface area contributed by atoms with Crippen LogP contribution < -0.4 is 5.32 Å². The van der Waals surface area contributed by atoms with Gasteiger partial charge < -0.3 is 19.8 Å². The minimum absolute atomic E-state index is 0.0762. The molecule has 0 saturated heterocycles. The van der Waals surface area contributed by atoms with E-state index in [0.29, 0.717) is 23.9 Å². The summed E-state index contributed by atoms with van der Waals surface area (Å²) in [6.07, 6.45) is 51.1. The lowest BCUT2D eigenvalue weighted by atomic mass is 10.0. The van der Waals surface area contributed by atoms with E-state index in [2.05, 4.69) is 31.3 Å². The van der Waals surface area contributed by atoms with Crippen molar-refractivity contribution >= 4 is 13.7 Å². The third-order valence-electron chi connectivity index (χ3n) is 12.0. The van der Waals surface area contributed by atoms with Gasteiger partial charge in [-0.3, -0.25) is 13.8 Å². The smallest absolute Gasteiger partial charge is 0.391 e.